The highest BCUT2D eigenvalue weighted by molar-refractivity contribution is 5.68. The first-order chi connectivity index (χ1) is 12.2. The molecule has 146 valence electrons. The van der Waals surface area contributed by atoms with Crippen molar-refractivity contribution >= 4 is 6.09 Å². The van der Waals surface area contributed by atoms with Gasteiger partial charge in [0.1, 0.15) is 17.5 Å². The monoisotopic (exact) mass is 363 g/mol. The number of alkyl carbamates (subject to hydrolysis) is 1. The Kier molecular flexibility index (Phi) is 7.26. The Morgan fingerprint density at radius 3 is 2.65 bits per heavy atom. The molecule has 1 N–H and O–H groups in total. The zero-order valence-corrected chi connectivity index (χ0v) is 16.7. The molecule has 2 heterocycles. The summed E-state index contributed by atoms with van der Waals surface area (Å²) in [6.45, 7) is 12.6. The Morgan fingerprint density at radius 2 is 2.04 bits per heavy atom. The number of pyridine rings is 1. The molecule has 1 fully saturated rings. The minimum atomic E-state index is -0.483. The molecule has 0 bridgehead atoms. The molecule has 0 spiro atoms. The molecule has 2 atom stereocenters. The number of amides is 1. The second-order valence-corrected chi connectivity index (χ2v) is 8.44. The Balaban J connectivity index is 1.85. The summed E-state index contributed by atoms with van der Waals surface area (Å²) in [5, 5.41) is 3.04. The van der Waals surface area contributed by atoms with Crippen LogP contribution in [0.15, 0.2) is 24.5 Å². The topological polar surface area (TPSA) is 63.7 Å². The minimum absolute atomic E-state index is 0.0736. The predicted octanol–water partition coefficient (Wildman–Crippen LogP) is 3.47. The van der Waals surface area contributed by atoms with E-state index in [0.717, 1.165) is 38.2 Å². The van der Waals surface area contributed by atoms with Crippen molar-refractivity contribution in [3.8, 4) is 5.75 Å². The average molecular weight is 364 g/mol. The first-order valence-electron chi connectivity index (χ1n) is 9.50. The lowest BCUT2D eigenvalue weighted by Crippen LogP contribution is -2.46. The summed E-state index contributed by atoms with van der Waals surface area (Å²) in [5.74, 6) is 1.36. The van der Waals surface area contributed by atoms with Crippen LogP contribution < -0.4 is 10.1 Å². The van der Waals surface area contributed by atoms with Crippen LogP contribution in [0.4, 0.5) is 4.79 Å². The Bertz CT molecular complexity index is 557. The van der Waals surface area contributed by atoms with E-state index in [1.54, 1.807) is 12.4 Å². The molecule has 0 radical (unpaired) electrons. The van der Waals surface area contributed by atoms with Gasteiger partial charge in [0.25, 0.3) is 0 Å². The van der Waals surface area contributed by atoms with E-state index in [1.165, 1.54) is 0 Å². The van der Waals surface area contributed by atoms with Gasteiger partial charge >= 0.3 is 6.09 Å². The second-order valence-electron chi connectivity index (χ2n) is 8.44. The van der Waals surface area contributed by atoms with Crippen LogP contribution in [0.25, 0.3) is 0 Å². The number of hydrogen-bond acceptors (Lipinski definition) is 5. The lowest BCUT2D eigenvalue weighted by Gasteiger charge is -2.27. The molecule has 6 nitrogen and oxygen atoms in total. The van der Waals surface area contributed by atoms with Crippen LogP contribution in [-0.4, -0.2) is 53.4 Å². The number of nitrogens with zero attached hydrogens (tertiary/aromatic N) is 2. The van der Waals surface area contributed by atoms with E-state index < -0.39 is 5.60 Å². The van der Waals surface area contributed by atoms with Crippen LogP contribution in [0, 0.1) is 5.92 Å². The van der Waals surface area contributed by atoms with Crippen LogP contribution in [0.3, 0.4) is 0 Å². The van der Waals surface area contributed by atoms with E-state index in [0.29, 0.717) is 5.92 Å². The van der Waals surface area contributed by atoms with Gasteiger partial charge in [0.05, 0.1) is 0 Å². The van der Waals surface area contributed by atoms with E-state index in [-0.39, 0.29) is 18.2 Å². The van der Waals surface area contributed by atoms with E-state index in [2.05, 4.69) is 29.0 Å². The highest BCUT2D eigenvalue weighted by Crippen LogP contribution is 2.19. The molecular weight excluding hydrogens is 330 g/mol. The molecule has 1 aliphatic rings. The van der Waals surface area contributed by atoms with Crippen molar-refractivity contribution in [2.24, 2.45) is 5.92 Å². The number of aromatic nitrogens is 1. The van der Waals surface area contributed by atoms with E-state index in [1.807, 2.05) is 32.9 Å². The summed E-state index contributed by atoms with van der Waals surface area (Å²) in [4.78, 5) is 18.5. The van der Waals surface area contributed by atoms with Gasteiger partial charge in [-0.05, 0) is 51.7 Å². The van der Waals surface area contributed by atoms with E-state index in [9.17, 15) is 4.79 Å². The van der Waals surface area contributed by atoms with Crippen LogP contribution in [0.1, 0.15) is 47.5 Å². The molecule has 1 amide bonds. The number of rotatable bonds is 7. The van der Waals surface area contributed by atoms with Gasteiger partial charge in [0, 0.05) is 38.1 Å². The van der Waals surface area contributed by atoms with Crippen LogP contribution in [0.5, 0.6) is 5.75 Å². The average Bonchev–Trinajstić information content (AvgIpc) is 2.92. The fourth-order valence-corrected chi connectivity index (χ4v) is 3.20. The zero-order chi connectivity index (χ0) is 19.2. The molecule has 1 aliphatic heterocycles. The molecule has 0 aliphatic carbocycles. The number of nitrogens with one attached hydrogen (secondary N) is 1. The van der Waals surface area contributed by atoms with Crippen molar-refractivity contribution in [1.29, 1.82) is 0 Å². The minimum Gasteiger partial charge on any atom is -0.489 e. The summed E-state index contributed by atoms with van der Waals surface area (Å²) in [6.07, 6.45) is 5.23. The van der Waals surface area contributed by atoms with Gasteiger partial charge in [-0.15, -0.1) is 0 Å². The van der Waals surface area contributed by atoms with Gasteiger partial charge in [0.2, 0.25) is 0 Å². The third kappa shape index (κ3) is 7.60. The molecule has 0 aromatic carbocycles. The number of hydrogen-bond donors (Lipinski definition) is 1. The Labute approximate surface area is 157 Å². The molecule has 1 aromatic heterocycles. The largest absolute Gasteiger partial charge is 0.489 e. The molecule has 0 saturated carbocycles. The van der Waals surface area contributed by atoms with Gasteiger partial charge in [0.15, 0.2) is 0 Å². The van der Waals surface area contributed by atoms with Crippen molar-refractivity contribution in [3.05, 3.63) is 24.5 Å². The number of likely N-dealkylation sites (tertiary alicyclic amines) is 1. The van der Waals surface area contributed by atoms with Crippen molar-refractivity contribution < 1.29 is 14.3 Å². The summed E-state index contributed by atoms with van der Waals surface area (Å²) in [7, 11) is 0. The standard InChI is InChI=1S/C20H33N3O3/c1-15(2)12-16(22-19(24)26-20(3,4)5)13-23-11-8-18(14-23)25-17-6-9-21-10-7-17/h6-7,9-10,15-16,18H,8,11-14H2,1-5H3,(H,22,24)/t16-,18-/m1/s1. The summed E-state index contributed by atoms with van der Waals surface area (Å²) < 4.78 is 11.4. The first-order valence-corrected chi connectivity index (χ1v) is 9.50. The van der Waals surface area contributed by atoms with Crippen molar-refractivity contribution in [3.63, 3.8) is 0 Å². The first kappa shape index (κ1) is 20.5. The second kappa shape index (κ2) is 9.21. The quantitative estimate of drug-likeness (QED) is 0.803. The Hall–Kier alpha value is -1.82. The molecule has 1 saturated heterocycles. The van der Waals surface area contributed by atoms with Crippen molar-refractivity contribution in [2.75, 3.05) is 19.6 Å². The van der Waals surface area contributed by atoms with Gasteiger partial charge in [-0.2, -0.15) is 0 Å². The molecule has 2 rings (SSSR count). The van der Waals surface area contributed by atoms with Gasteiger partial charge < -0.3 is 14.8 Å². The highest BCUT2D eigenvalue weighted by atomic mass is 16.6. The number of carbonyl (C=O) groups is 1. The fraction of sp³-hybridized carbons (Fsp3) is 0.700. The lowest BCUT2D eigenvalue weighted by atomic mass is 10.0. The maximum atomic E-state index is 12.1. The number of ether oxygens (including phenoxy) is 2. The SMILES string of the molecule is CC(C)C[C@H](CN1CC[C@@H](Oc2ccncc2)C1)NC(=O)OC(C)(C)C. The zero-order valence-electron chi connectivity index (χ0n) is 16.7. The molecular formula is C20H33N3O3. The third-order valence-corrected chi connectivity index (χ3v) is 4.14. The molecule has 1 aromatic rings. The maximum Gasteiger partial charge on any atom is 0.407 e. The summed E-state index contributed by atoms with van der Waals surface area (Å²) in [6, 6.07) is 3.84. The van der Waals surface area contributed by atoms with E-state index in [4.69, 9.17) is 9.47 Å². The third-order valence-electron chi connectivity index (χ3n) is 4.14. The molecule has 26 heavy (non-hydrogen) atoms. The lowest BCUT2D eigenvalue weighted by molar-refractivity contribution is 0.0486. The van der Waals surface area contributed by atoms with Gasteiger partial charge in [-0.1, -0.05) is 13.8 Å². The normalized spacial score (nSPS) is 19.4. The maximum absolute atomic E-state index is 12.1. The van der Waals surface area contributed by atoms with Crippen LogP contribution in [0.2, 0.25) is 0 Å². The summed E-state index contributed by atoms with van der Waals surface area (Å²) in [5.41, 5.74) is -0.483. The molecule has 0 unspecified atom stereocenters. The van der Waals surface area contributed by atoms with Crippen LogP contribution in [-0.2, 0) is 4.74 Å². The predicted molar refractivity (Wildman–Crippen MR) is 102 cm³/mol. The smallest absolute Gasteiger partial charge is 0.407 e. The molecule has 6 heteroatoms. The van der Waals surface area contributed by atoms with Crippen molar-refractivity contribution in [1.82, 2.24) is 15.2 Å². The van der Waals surface area contributed by atoms with Crippen molar-refractivity contribution in [2.45, 2.75) is 65.2 Å². The van der Waals surface area contributed by atoms with E-state index >= 15 is 0 Å². The van der Waals surface area contributed by atoms with Gasteiger partial charge in [-0.25, -0.2) is 4.79 Å². The summed E-state index contributed by atoms with van der Waals surface area (Å²) >= 11 is 0. The van der Waals surface area contributed by atoms with Crippen LogP contribution >= 0.6 is 0 Å². The number of carbonyl (C=O) groups excluding carboxylic acids is 1. The Morgan fingerprint density at radius 1 is 1.35 bits per heavy atom. The fourth-order valence-electron chi connectivity index (χ4n) is 3.20. The highest BCUT2D eigenvalue weighted by Gasteiger charge is 2.28. The van der Waals surface area contributed by atoms with Gasteiger partial charge in [-0.3, -0.25) is 9.88 Å².